The van der Waals surface area contributed by atoms with Crippen LogP contribution in [0, 0.1) is 0 Å². The highest BCUT2D eigenvalue weighted by Gasteiger charge is 2.34. The van der Waals surface area contributed by atoms with Crippen molar-refractivity contribution in [2.45, 2.75) is 26.1 Å². The molecule has 0 saturated carbocycles. The molecule has 0 aromatic heterocycles. The van der Waals surface area contributed by atoms with E-state index in [-0.39, 0.29) is 11.8 Å². The molecular weight excluding hydrogens is 320 g/mol. The van der Waals surface area contributed by atoms with Gasteiger partial charge in [0.05, 0.1) is 0 Å². The van der Waals surface area contributed by atoms with Gasteiger partial charge >= 0.3 is 0 Å². The minimum Gasteiger partial charge on any atom is -0.482 e. The third-order valence-electron chi connectivity index (χ3n) is 4.10. The fourth-order valence-corrected chi connectivity index (χ4v) is 2.57. The van der Waals surface area contributed by atoms with Gasteiger partial charge in [-0.25, -0.2) is 0 Å². The molecule has 0 radical (unpaired) electrons. The van der Waals surface area contributed by atoms with Gasteiger partial charge < -0.3 is 19.7 Å². The first-order valence-corrected chi connectivity index (χ1v) is 8.03. The number of hydrogen-bond donors (Lipinski definition) is 1. The Labute approximate surface area is 146 Å². The predicted molar refractivity (Wildman–Crippen MR) is 95.1 cm³/mol. The van der Waals surface area contributed by atoms with E-state index in [0.717, 1.165) is 5.69 Å². The SMILES string of the molecule is CC(=O)N(C)c1ccc(NC(=O)[C@@H]2Oc3ccccc3O[C@@H]2C)cc1. The van der Waals surface area contributed by atoms with Crippen molar-refractivity contribution >= 4 is 23.2 Å². The average Bonchev–Trinajstić information content (AvgIpc) is 2.61. The van der Waals surface area contributed by atoms with E-state index in [1.165, 1.54) is 11.8 Å². The molecule has 3 rings (SSSR count). The lowest BCUT2D eigenvalue weighted by atomic mass is 10.1. The Balaban J connectivity index is 1.69. The number of para-hydroxylation sites is 2. The first-order chi connectivity index (χ1) is 12.0. The van der Waals surface area contributed by atoms with Gasteiger partial charge in [-0.2, -0.15) is 0 Å². The van der Waals surface area contributed by atoms with E-state index in [4.69, 9.17) is 9.47 Å². The maximum absolute atomic E-state index is 12.5. The van der Waals surface area contributed by atoms with E-state index < -0.39 is 12.2 Å². The molecule has 0 aliphatic carbocycles. The fourth-order valence-electron chi connectivity index (χ4n) is 2.57. The van der Waals surface area contributed by atoms with E-state index in [1.54, 1.807) is 44.3 Å². The summed E-state index contributed by atoms with van der Waals surface area (Å²) < 4.78 is 11.5. The summed E-state index contributed by atoms with van der Waals surface area (Å²) in [5, 5.41) is 2.82. The lowest BCUT2D eigenvalue weighted by molar-refractivity contribution is -0.128. The smallest absolute Gasteiger partial charge is 0.269 e. The number of benzene rings is 2. The lowest BCUT2D eigenvalue weighted by Crippen LogP contribution is -2.46. The molecule has 1 heterocycles. The number of carbonyl (C=O) groups is 2. The van der Waals surface area contributed by atoms with Crippen molar-refractivity contribution < 1.29 is 19.1 Å². The third kappa shape index (κ3) is 3.57. The van der Waals surface area contributed by atoms with Gasteiger partial charge in [0.25, 0.3) is 5.91 Å². The van der Waals surface area contributed by atoms with Crippen LogP contribution in [0.3, 0.4) is 0 Å². The van der Waals surface area contributed by atoms with Gasteiger partial charge in [0.15, 0.2) is 11.5 Å². The fraction of sp³-hybridized carbons (Fsp3) is 0.263. The number of carbonyl (C=O) groups excluding carboxylic acids is 2. The Morgan fingerprint density at radius 2 is 1.60 bits per heavy atom. The molecule has 1 aliphatic rings. The molecule has 2 amide bonds. The molecule has 0 unspecified atom stereocenters. The largest absolute Gasteiger partial charge is 0.482 e. The van der Waals surface area contributed by atoms with Crippen LogP contribution in [0.5, 0.6) is 11.5 Å². The van der Waals surface area contributed by atoms with Gasteiger partial charge in [-0.05, 0) is 43.3 Å². The second-order valence-corrected chi connectivity index (χ2v) is 5.92. The maximum Gasteiger partial charge on any atom is 0.269 e. The number of fused-ring (bicyclic) bond motifs is 1. The normalized spacial score (nSPS) is 18.4. The van der Waals surface area contributed by atoms with Gasteiger partial charge in [-0.3, -0.25) is 9.59 Å². The maximum atomic E-state index is 12.5. The van der Waals surface area contributed by atoms with Crippen molar-refractivity contribution in [1.29, 1.82) is 0 Å². The molecule has 0 bridgehead atoms. The quantitative estimate of drug-likeness (QED) is 0.933. The van der Waals surface area contributed by atoms with Gasteiger partial charge in [0.2, 0.25) is 12.0 Å². The van der Waals surface area contributed by atoms with Crippen LogP contribution >= 0.6 is 0 Å². The summed E-state index contributed by atoms with van der Waals surface area (Å²) in [6, 6.07) is 14.3. The summed E-state index contributed by atoms with van der Waals surface area (Å²) in [7, 11) is 1.70. The molecule has 1 N–H and O–H groups in total. The minimum absolute atomic E-state index is 0.0583. The Kier molecular flexibility index (Phi) is 4.61. The van der Waals surface area contributed by atoms with Crippen LogP contribution in [0.2, 0.25) is 0 Å². The van der Waals surface area contributed by atoms with Crippen molar-refractivity contribution in [1.82, 2.24) is 0 Å². The number of anilines is 2. The lowest BCUT2D eigenvalue weighted by Gasteiger charge is -2.31. The van der Waals surface area contributed by atoms with Crippen LogP contribution in [0.4, 0.5) is 11.4 Å². The monoisotopic (exact) mass is 340 g/mol. The van der Waals surface area contributed by atoms with Crippen molar-refractivity contribution in [2.75, 3.05) is 17.3 Å². The van der Waals surface area contributed by atoms with Gasteiger partial charge in [0, 0.05) is 25.3 Å². The standard InChI is InChI=1S/C19H20N2O4/c1-12-18(25-17-7-5-4-6-16(17)24-12)19(23)20-14-8-10-15(11-9-14)21(3)13(2)22/h4-12,18H,1-3H3,(H,20,23)/t12-,18-/m1/s1. The highest BCUT2D eigenvalue weighted by Crippen LogP contribution is 2.33. The van der Waals surface area contributed by atoms with Gasteiger partial charge in [-0.15, -0.1) is 0 Å². The van der Waals surface area contributed by atoms with Crippen LogP contribution in [-0.2, 0) is 9.59 Å². The van der Waals surface area contributed by atoms with E-state index in [2.05, 4.69) is 5.32 Å². The molecule has 2 aromatic carbocycles. The molecule has 0 fully saturated rings. The van der Waals surface area contributed by atoms with Gasteiger partial charge in [0.1, 0.15) is 6.10 Å². The topological polar surface area (TPSA) is 67.9 Å². The van der Waals surface area contributed by atoms with Crippen LogP contribution in [0.15, 0.2) is 48.5 Å². The molecule has 0 saturated heterocycles. The van der Waals surface area contributed by atoms with Crippen LogP contribution in [0.25, 0.3) is 0 Å². The molecule has 2 aromatic rings. The molecule has 0 spiro atoms. The summed E-state index contributed by atoms with van der Waals surface area (Å²) >= 11 is 0. The highest BCUT2D eigenvalue weighted by molar-refractivity contribution is 5.96. The Morgan fingerprint density at radius 1 is 1.00 bits per heavy atom. The van der Waals surface area contributed by atoms with Crippen molar-refractivity contribution in [3.05, 3.63) is 48.5 Å². The summed E-state index contributed by atoms with van der Waals surface area (Å²) in [6.07, 6.45) is -1.15. The number of hydrogen-bond acceptors (Lipinski definition) is 4. The first-order valence-electron chi connectivity index (χ1n) is 8.03. The zero-order chi connectivity index (χ0) is 18.0. The van der Waals surface area contributed by atoms with Crippen molar-refractivity contribution in [3.63, 3.8) is 0 Å². The number of nitrogens with one attached hydrogen (secondary N) is 1. The van der Waals surface area contributed by atoms with Gasteiger partial charge in [-0.1, -0.05) is 12.1 Å². The zero-order valence-electron chi connectivity index (χ0n) is 14.4. The first kappa shape index (κ1) is 16.8. The Bertz CT molecular complexity index is 788. The Hall–Kier alpha value is -3.02. The molecule has 2 atom stereocenters. The second-order valence-electron chi connectivity index (χ2n) is 5.92. The number of amides is 2. The van der Waals surface area contributed by atoms with Crippen LogP contribution in [-0.4, -0.2) is 31.1 Å². The summed E-state index contributed by atoms with van der Waals surface area (Å²) in [5.41, 5.74) is 1.38. The molecule has 6 heteroatoms. The van der Waals surface area contributed by atoms with Crippen LogP contribution < -0.4 is 19.7 Å². The number of nitrogens with zero attached hydrogens (tertiary/aromatic N) is 1. The van der Waals surface area contributed by atoms with Crippen molar-refractivity contribution in [3.8, 4) is 11.5 Å². The summed E-state index contributed by atoms with van der Waals surface area (Å²) in [6.45, 7) is 3.29. The molecular formula is C19H20N2O4. The second kappa shape index (κ2) is 6.84. The summed E-state index contributed by atoms with van der Waals surface area (Å²) in [5.74, 6) is 0.849. The summed E-state index contributed by atoms with van der Waals surface area (Å²) in [4.78, 5) is 25.4. The van der Waals surface area contributed by atoms with Crippen molar-refractivity contribution in [2.24, 2.45) is 0 Å². The minimum atomic E-state index is -0.741. The molecule has 130 valence electrons. The molecule has 6 nitrogen and oxygen atoms in total. The number of rotatable bonds is 3. The van der Waals surface area contributed by atoms with E-state index in [0.29, 0.717) is 17.2 Å². The van der Waals surface area contributed by atoms with Crippen LogP contribution in [0.1, 0.15) is 13.8 Å². The predicted octanol–water partition coefficient (Wildman–Crippen LogP) is 2.84. The zero-order valence-corrected chi connectivity index (χ0v) is 14.4. The number of ether oxygens (including phenoxy) is 2. The molecule has 1 aliphatic heterocycles. The molecule has 25 heavy (non-hydrogen) atoms. The Morgan fingerprint density at radius 3 is 2.20 bits per heavy atom. The van der Waals surface area contributed by atoms with E-state index in [9.17, 15) is 9.59 Å². The van der Waals surface area contributed by atoms with E-state index >= 15 is 0 Å². The highest BCUT2D eigenvalue weighted by atomic mass is 16.6. The average molecular weight is 340 g/mol. The van der Waals surface area contributed by atoms with E-state index in [1.807, 2.05) is 18.2 Å². The third-order valence-corrected chi connectivity index (χ3v) is 4.10.